The molecule has 1 aromatic carbocycles. The zero-order valence-electron chi connectivity index (χ0n) is 14.4. The van der Waals surface area contributed by atoms with Crippen LogP contribution in [0.15, 0.2) is 24.3 Å². The Morgan fingerprint density at radius 2 is 1.96 bits per heavy atom. The first-order valence-corrected chi connectivity index (χ1v) is 8.96. The normalized spacial score (nSPS) is 27.8. The summed E-state index contributed by atoms with van der Waals surface area (Å²) in [5.41, 5.74) is 2.10. The molecule has 2 aromatic rings. The predicted molar refractivity (Wildman–Crippen MR) is 94.9 cm³/mol. The largest absolute Gasteiger partial charge is 0.390 e. The number of aliphatic hydroxyl groups is 1. The van der Waals surface area contributed by atoms with Gasteiger partial charge in [0.2, 0.25) is 0 Å². The summed E-state index contributed by atoms with van der Waals surface area (Å²) in [5.74, 6) is 0.987. The highest BCUT2D eigenvalue weighted by Gasteiger charge is 2.33. The molecule has 0 unspecified atom stereocenters. The molecule has 24 heavy (non-hydrogen) atoms. The van der Waals surface area contributed by atoms with E-state index in [0.717, 1.165) is 69.1 Å². The standard InChI is InChI=1S/C18H27N5O/c1-21-8-10-23(11-9-21)16-6-7-22(12-17(16)24)13-18-19-14-4-2-3-5-15(14)20-18/h2-5,16-17,24H,6-13H2,1H3,(H,19,20)/t16-,17-/m1/s1. The number of benzene rings is 1. The van der Waals surface area contributed by atoms with Gasteiger partial charge in [-0.25, -0.2) is 4.98 Å². The summed E-state index contributed by atoms with van der Waals surface area (Å²) < 4.78 is 0. The Bertz CT molecular complexity index is 646. The monoisotopic (exact) mass is 329 g/mol. The summed E-state index contributed by atoms with van der Waals surface area (Å²) >= 11 is 0. The Hall–Kier alpha value is -1.47. The molecule has 0 radical (unpaired) electrons. The highest BCUT2D eigenvalue weighted by atomic mass is 16.3. The molecule has 6 nitrogen and oxygen atoms in total. The summed E-state index contributed by atoms with van der Waals surface area (Å²) in [6.45, 7) is 6.88. The number of piperazine rings is 1. The SMILES string of the molecule is CN1CCN([C@@H]2CCN(Cc3nc4ccccc4[nH]3)C[C@H]2O)CC1. The molecule has 0 spiro atoms. The minimum Gasteiger partial charge on any atom is -0.390 e. The Balaban J connectivity index is 1.36. The lowest BCUT2D eigenvalue weighted by Crippen LogP contribution is -2.58. The first-order valence-electron chi connectivity index (χ1n) is 8.96. The summed E-state index contributed by atoms with van der Waals surface area (Å²) in [5, 5.41) is 10.6. The van der Waals surface area contributed by atoms with E-state index < -0.39 is 0 Å². The van der Waals surface area contributed by atoms with Gasteiger partial charge < -0.3 is 15.0 Å². The van der Waals surface area contributed by atoms with Crippen molar-refractivity contribution in [3.63, 3.8) is 0 Å². The van der Waals surface area contributed by atoms with Crippen LogP contribution >= 0.6 is 0 Å². The quantitative estimate of drug-likeness (QED) is 0.870. The fourth-order valence-corrected chi connectivity index (χ4v) is 4.00. The number of likely N-dealkylation sites (N-methyl/N-ethyl adjacent to an activating group) is 1. The molecule has 2 N–H and O–H groups in total. The van der Waals surface area contributed by atoms with Crippen LogP contribution in [0.4, 0.5) is 0 Å². The highest BCUT2D eigenvalue weighted by molar-refractivity contribution is 5.74. The average Bonchev–Trinajstić information content (AvgIpc) is 2.98. The number of hydrogen-bond donors (Lipinski definition) is 2. The second-order valence-corrected chi connectivity index (χ2v) is 7.20. The summed E-state index contributed by atoms with van der Waals surface area (Å²) in [6, 6.07) is 8.43. The molecule has 2 atom stereocenters. The molecule has 6 heteroatoms. The van der Waals surface area contributed by atoms with Gasteiger partial charge in [-0.1, -0.05) is 12.1 Å². The molecule has 0 amide bonds. The second-order valence-electron chi connectivity index (χ2n) is 7.20. The number of likely N-dealkylation sites (tertiary alicyclic amines) is 1. The van der Waals surface area contributed by atoms with Crippen LogP contribution in [0.3, 0.4) is 0 Å². The molecule has 0 saturated carbocycles. The number of nitrogens with one attached hydrogen (secondary N) is 1. The van der Waals surface area contributed by atoms with E-state index in [1.165, 1.54) is 0 Å². The fraction of sp³-hybridized carbons (Fsp3) is 0.611. The van der Waals surface area contributed by atoms with E-state index >= 15 is 0 Å². The van der Waals surface area contributed by atoms with Crippen molar-refractivity contribution < 1.29 is 5.11 Å². The third-order valence-corrected chi connectivity index (χ3v) is 5.45. The van der Waals surface area contributed by atoms with E-state index in [4.69, 9.17) is 0 Å². The number of H-pyrrole nitrogens is 1. The molecule has 2 aliphatic rings. The maximum atomic E-state index is 10.6. The number of hydrogen-bond acceptors (Lipinski definition) is 5. The van der Waals surface area contributed by atoms with Gasteiger partial charge in [0.25, 0.3) is 0 Å². The number of aromatic amines is 1. The van der Waals surface area contributed by atoms with Crippen molar-refractivity contribution in [2.24, 2.45) is 0 Å². The number of para-hydroxylation sites is 2. The minimum absolute atomic E-state index is 0.272. The Morgan fingerprint density at radius 1 is 1.17 bits per heavy atom. The number of rotatable bonds is 3. The number of aromatic nitrogens is 2. The van der Waals surface area contributed by atoms with Gasteiger partial charge in [0.15, 0.2) is 0 Å². The van der Waals surface area contributed by atoms with Gasteiger partial charge in [0.05, 0.1) is 23.7 Å². The summed E-state index contributed by atoms with van der Waals surface area (Å²) in [6.07, 6.45) is 0.761. The van der Waals surface area contributed by atoms with Gasteiger partial charge in [-0.15, -0.1) is 0 Å². The first-order chi connectivity index (χ1) is 11.7. The maximum Gasteiger partial charge on any atom is 0.121 e. The van der Waals surface area contributed by atoms with Crippen LogP contribution in [0.1, 0.15) is 12.2 Å². The zero-order valence-corrected chi connectivity index (χ0v) is 14.4. The average molecular weight is 329 g/mol. The second kappa shape index (κ2) is 6.80. The van der Waals surface area contributed by atoms with Crippen molar-refractivity contribution in [3.8, 4) is 0 Å². The lowest BCUT2D eigenvalue weighted by Gasteiger charge is -2.44. The van der Waals surface area contributed by atoms with Crippen LogP contribution in [-0.4, -0.2) is 88.2 Å². The number of imidazole rings is 1. The van der Waals surface area contributed by atoms with Gasteiger partial charge in [-0.2, -0.15) is 0 Å². The Labute approximate surface area is 143 Å². The number of nitrogens with zero attached hydrogens (tertiary/aromatic N) is 4. The predicted octanol–water partition coefficient (Wildman–Crippen LogP) is 0.745. The number of aliphatic hydroxyl groups excluding tert-OH is 1. The van der Waals surface area contributed by atoms with Crippen LogP contribution in [0.2, 0.25) is 0 Å². The fourth-order valence-electron chi connectivity index (χ4n) is 4.00. The van der Waals surface area contributed by atoms with Crippen LogP contribution < -0.4 is 0 Å². The smallest absolute Gasteiger partial charge is 0.121 e. The zero-order chi connectivity index (χ0) is 16.5. The van der Waals surface area contributed by atoms with Gasteiger partial charge in [0, 0.05) is 45.3 Å². The lowest BCUT2D eigenvalue weighted by atomic mass is 9.99. The number of fused-ring (bicyclic) bond motifs is 1. The van der Waals surface area contributed by atoms with E-state index in [0.29, 0.717) is 6.04 Å². The van der Waals surface area contributed by atoms with Gasteiger partial charge in [-0.3, -0.25) is 9.80 Å². The van der Waals surface area contributed by atoms with Crippen molar-refractivity contribution in [1.82, 2.24) is 24.7 Å². The molecule has 0 bridgehead atoms. The molecule has 3 heterocycles. The molecule has 0 aliphatic carbocycles. The first kappa shape index (κ1) is 16.0. The number of β-amino-alcohol motifs (C(OH)–C–C–N with tert-alkyl or cyclic N) is 1. The third-order valence-electron chi connectivity index (χ3n) is 5.45. The Morgan fingerprint density at radius 3 is 2.71 bits per heavy atom. The van der Waals surface area contributed by atoms with Crippen molar-refractivity contribution in [1.29, 1.82) is 0 Å². The van der Waals surface area contributed by atoms with Crippen molar-refractivity contribution >= 4 is 11.0 Å². The van der Waals surface area contributed by atoms with Crippen LogP contribution in [0.25, 0.3) is 11.0 Å². The molecule has 2 saturated heterocycles. The minimum atomic E-state index is -0.272. The third kappa shape index (κ3) is 3.32. The van der Waals surface area contributed by atoms with Gasteiger partial charge in [-0.05, 0) is 25.6 Å². The van der Waals surface area contributed by atoms with Gasteiger partial charge >= 0.3 is 0 Å². The van der Waals surface area contributed by atoms with Crippen molar-refractivity contribution in [3.05, 3.63) is 30.1 Å². The molecule has 4 rings (SSSR count). The molecule has 2 aliphatic heterocycles. The topological polar surface area (TPSA) is 58.6 Å². The van der Waals surface area contributed by atoms with Crippen LogP contribution in [0.5, 0.6) is 0 Å². The molecular weight excluding hydrogens is 302 g/mol. The van der Waals surface area contributed by atoms with Crippen molar-refractivity contribution in [2.45, 2.75) is 25.1 Å². The number of piperidine rings is 1. The lowest BCUT2D eigenvalue weighted by molar-refractivity contribution is -0.0290. The maximum absolute atomic E-state index is 10.6. The molecule has 2 fully saturated rings. The van der Waals surface area contributed by atoms with E-state index in [9.17, 15) is 5.11 Å². The van der Waals surface area contributed by atoms with E-state index in [2.05, 4.69) is 37.8 Å². The molecular formula is C18H27N5O. The summed E-state index contributed by atoms with van der Waals surface area (Å²) in [4.78, 5) is 15.2. The van der Waals surface area contributed by atoms with E-state index in [-0.39, 0.29) is 6.10 Å². The van der Waals surface area contributed by atoms with Crippen LogP contribution in [0, 0.1) is 0 Å². The van der Waals surface area contributed by atoms with E-state index in [1.807, 2.05) is 18.2 Å². The van der Waals surface area contributed by atoms with Crippen molar-refractivity contribution in [2.75, 3.05) is 46.3 Å². The van der Waals surface area contributed by atoms with E-state index in [1.54, 1.807) is 0 Å². The molecule has 130 valence electrons. The molecule has 1 aromatic heterocycles. The highest BCUT2D eigenvalue weighted by Crippen LogP contribution is 2.20. The van der Waals surface area contributed by atoms with Crippen LogP contribution in [-0.2, 0) is 6.54 Å². The van der Waals surface area contributed by atoms with Gasteiger partial charge in [0.1, 0.15) is 5.82 Å². The summed E-state index contributed by atoms with van der Waals surface area (Å²) in [7, 11) is 2.17. The Kier molecular flexibility index (Phi) is 4.54.